The summed E-state index contributed by atoms with van der Waals surface area (Å²) in [5.41, 5.74) is 1.41. The van der Waals surface area contributed by atoms with Gasteiger partial charge in [-0.3, -0.25) is 4.68 Å². The van der Waals surface area contributed by atoms with Gasteiger partial charge >= 0.3 is 0 Å². The topological polar surface area (TPSA) is 21.1 Å². The number of nitrogens with zero attached hydrogens (tertiary/aromatic N) is 3. The van der Waals surface area contributed by atoms with Gasteiger partial charge < -0.3 is 4.90 Å². The molecule has 3 nitrogen and oxygen atoms in total. The lowest BCUT2D eigenvalue weighted by Crippen LogP contribution is -2.39. The van der Waals surface area contributed by atoms with Crippen LogP contribution in [-0.2, 0) is 7.05 Å². The van der Waals surface area contributed by atoms with Gasteiger partial charge in [-0.05, 0) is 44.7 Å². The molecule has 84 valence electrons. The van der Waals surface area contributed by atoms with E-state index >= 15 is 0 Å². The van der Waals surface area contributed by atoms with Crippen LogP contribution in [0.2, 0.25) is 0 Å². The minimum absolute atomic E-state index is 0.671. The molecule has 1 atom stereocenters. The Hall–Kier alpha value is -0.830. The molecule has 15 heavy (non-hydrogen) atoms. The first-order valence-electron chi connectivity index (χ1n) is 5.89. The van der Waals surface area contributed by atoms with Crippen molar-refractivity contribution in [2.24, 2.45) is 7.05 Å². The largest absolute Gasteiger partial charge is 0.300 e. The van der Waals surface area contributed by atoms with Crippen LogP contribution in [0.4, 0.5) is 0 Å². The first-order chi connectivity index (χ1) is 7.16. The van der Waals surface area contributed by atoms with E-state index in [0.29, 0.717) is 12.0 Å². The second-order valence-corrected chi connectivity index (χ2v) is 4.88. The summed E-state index contributed by atoms with van der Waals surface area (Å²) < 4.78 is 1.91. The van der Waals surface area contributed by atoms with Crippen molar-refractivity contribution in [3.63, 3.8) is 0 Å². The third kappa shape index (κ3) is 2.40. The highest BCUT2D eigenvalue weighted by molar-refractivity contribution is 5.12. The average molecular weight is 207 g/mol. The number of aromatic nitrogens is 2. The molecule has 1 aliphatic rings. The summed E-state index contributed by atoms with van der Waals surface area (Å²) in [5, 5.41) is 4.26. The SMILES string of the molecule is CC(C)N1CCCC(c2cnn(C)c2)C1. The van der Waals surface area contributed by atoms with Crippen molar-refractivity contribution >= 4 is 0 Å². The zero-order valence-corrected chi connectivity index (χ0v) is 9.98. The fourth-order valence-corrected chi connectivity index (χ4v) is 2.40. The number of hydrogen-bond acceptors (Lipinski definition) is 2. The summed E-state index contributed by atoms with van der Waals surface area (Å²) in [6, 6.07) is 0.671. The molecule has 2 heterocycles. The maximum absolute atomic E-state index is 4.26. The number of piperidine rings is 1. The zero-order valence-electron chi connectivity index (χ0n) is 9.98. The molecular formula is C12H21N3. The smallest absolute Gasteiger partial charge is 0.0524 e. The van der Waals surface area contributed by atoms with Gasteiger partial charge in [0.1, 0.15) is 0 Å². The first-order valence-corrected chi connectivity index (χ1v) is 5.89. The molecule has 1 aliphatic heterocycles. The summed E-state index contributed by atoms with van der Waals surface area (Å²) in [5.74, 6) is 0.690. The molecule has 0 N–H and O–H groups in total. The van der Waals surface area contributed by atoms with E-state index in [-0.39, 0.29) is 0 Å². The van der Waals surface area contributed by atoms with Crippen molar-refractivity contribution in [2.45, 2.75) is 38.6 Å². The first kappa shape index (κ1) is 10.7. The van der Waals surface area contributed by atoms with Crippen LogP contribution in [-0.4, -0.2) is 33.8 Å². The van der Waals surface area contributed by atoms with Gasteiger partial charge in [0.05, 0.1) is 6.20 Å². The predicted octanol–water partition coefficient (Wildman–Crippen LogP) is 2.01. The van der Waals surface area contributed by atoms with Crippen molar-refractivity contribution in [2.75, 3.05) is 13.1 Å². The third-order valence-electron chi connectivity index (χ3n) is 3.38. The fraction of sp³-hybridized carbons (Fsp3) is 0.750. The van der Waals surface area contributed by atoms with Crippen molar-refractivity contribution in [1.82, 2.24) is 14.7 Å². The van der Waals surface area contributed by atoms with Gasteiger partial charge in [0.25, 0.3) is 0 Å². The van der Waals surface area contributed by atoms with Gasteiger partial charge in [-0.15, -0.1) is 0 Å². The predicted molar refractivity (Wildman–Crippen MR) is 61.9 cm³/mol. The molecule has 1 aromatic heterocycles. The van der Waals surface area contributed by atoms with E-state index in [1.807, 2.05) is 17.9 Å². The van der Waals surface area contributed by atoms with Crippen LogP contribution in [0.5, 0.6) is 0 Å². The molecule has 0 amide bonds. The standard InChI is InChI=1S/C12H21N3/c1-10(2)15-6-4-5-11(9-15)12-7-13-14(3)8-12/h7-8,10-11H,4-6,9H2,1-3H3. The summed E-state index contributed by atoms with van der Waals surface area (Å²) >= 11 is 0. The molecule has 1 unspecified atom stereocenters. The molecule has 3 heteroatoms. The highest BCUT2D eigenvalue weighted by Crippen LogP contribution is 2.27. The number of rotatable bonds is 2. The second kappa shape index (κ2) is 4.35. The minimum atomic E-state index is 0.671. The van der Waals surface area contributed by atoms with Crippen molar-refractivity contribution in [3.8, 4) is 0 Å². The Morgan fingerprint density at radius 1 is 1.47 bits per heavy atom. The summed E-state index contributed by atoms with van der Waals surface area (Å²) in [6.07, 6.45) is 6.82. The van der Waals surface area contributed by atoms with E-state index in [1.54, 1.807) is 0 Å². The van der Waals surface area contributed by atoms with Crippen molar-refractivity contribution in [1.29, 1.82) is 0 Å². The van der Waals surface area contributed by atoms with Gasteiger partial charge in [-0.25, -0.2) is 0 Å². The van der Waals surface area contributed by atoms with E-state index < -0.39 is 0 Å². The Kier molecular flexibility index (Phi) is 3.10. The van der Waals surface area contributed by atoms with Crippen LogP contribution in [0.15, 0.2) is 12.4 Å². The van der Waals surface area contributed by atoms with Gasteiger partial charge in [-0.2, -0.15) is 5.10 Å². The van der Waals surface area contributed by atoms with Crippen LogP contribution < -0.4 is 0 Å². The van der Waals surface area contributed by atoms with Gasteiger partial charge in [-0.1, -0.05) is 0 Å². The maximum atomic E-state index is 4.26. The summed E-state index contributed by atoms with van der Waals surface area (Å²) in [4.78, 5) is 2.57. The van der Waals surface area contributed by atoms with E-state index in [0.717, 1.165) is 0 Å². The second-order valence-electron chi connectivity index (χ2n) is 4.88. The van der Waals surface area contributed by atoms with Crippen LogP contribution in [0.3, 0.4) is 0 Å². The van der Waals surface area contributed by atoms with E-state index in [1.165, 1.54) is 31.5 Å². The van der Waals surface area contributed by atoms with Gasteiger partial charge in [0.15, 0.2) is 0 Å². The molecule has 0 saturated carbocycles. The van der Waals surface area contributed by atoms with Crippen LogP contribution in [0.1, 0.15) is 38.2 Å². The minimum Gasteiger partial charge on any atom is -0.300 e. The monoisotopic (exact) mass is 207 g/mol. The van der Waals surface area contributed by atoms with Crippen molar-refractivity contribution in [3.05, 3.63) is 18.0 Å². The quantitative estimate of drug-likeness (QED) is 0.739. The number of aryl methyl sites for hydroxylation is 1. The molecule has 1 aromatic rings. The van der Waals surface area contributed by atoms with Crippen molar-refractivity contribution < 1.29 is 0 Å². The highest BCUT2D eigenvalue weighted by Gasteiger charge is 2.23. The normalized spacial score (nSPS) is 23.6. The van der Waals surface area contributed by atoms with Crippen LogP contribution in [0.25, 0.3) is 0 Å². The van der Waals surface area contributed by atoms with E-state index in [9.17, 15) is 0 Å². The highest BCUT2D eigenvalue weighted by atomic mass is 15.2. The number of likely N-dealkylation sites (tertiary alicyclic amines) is 1. The fourth-order valence-electron chi connectivity index (χ4n) is 2.40. The molecule has 1 fully saturated rings. The zero-order chi connectivity index (χ0) is 10.8. The molecule has 0 radical (unpaired) electrons. The van der Waals surface area contributed by atoms with Gasteiger partial charge in [0.2, 0.25) is 0 Å². The molecular weight excluding hydrogens is 186 g/mol. The van der Waals surface area contributed by atoms with Crippen LogP contribution in [0, 0.1) is 0 Å². The van der Waals surface area contributed by atoms with Crippen LogP contribution >= 0.6 is 0 Å². The molecule has 0 bridgehead atoms. The molecule has 0 spiro atoms. The molecule has 2 rings (SSSR count). The molecule has 0 aromatic carbocycles. The Bertz CT molecular complexity index is 316. The lowest BCUT2D eigenvalue weighted by Gasteiger charge is -2.35. The average Bonchev–Trinajstić information content (AvgIpc) is 2.65. The summed E-state index contributed by atoms with van der Waals surface area (Å²) in [7, 11) is 1.99. The number of hydrogen-bond donors (Lipinski definition) is 0. The van der Waals surface area contributed by atoms with E-state index in [2.05, 4.69) is 30.0 Å². The Balaban J connectivity index is 2.04. The molecule has 1 saturated heterocycles. The van der Waals surface area contributed by atoms with E-state index in [4.69, 9.17) is 0 Å². The lowest BCUT2D eigenvalue weighted by atomic mass is 9.92. The van der Waals surface area contributed by atoms with Gasteiger partial charge in [0, 0.05) is 25.8 Å². The lowest BCUT2D eigenvalue weighted by molar-refractivity contribution is 0.167. The Morgan fingerprint density at radius 3 is 2.87 bits per heavy atom. The Morgan fingerprint density at radius 2 is 2.27 bits per heavy atom. The summed E-state index contributed by atoms with van der Waals surface area (Å²) in [6.45, 7) is 7.02. The maximum Gasteiger partial charge on any atom is 0.0524 e. The Labute approximate surface area is 92.1 Å². The third-order valence-corrected chi connectivity index (χ3v) is 3.38. The molecule has 0 aliphatic carbocycles.